The molecule has 0 spiro atoms. The van der Waals surface area contributed by atoms with Crippen molar-refractivity contribution in [3.05, 3.63) is 12.2 Å². The van der Waals surface area contributed by atoms with Crippen LogP contribution >= 0.6 is 0 Å². The Labute approximate surface area is 319 Å². The number of methoxy groups -OCH3 is 8. The molecule has 2 heterocycles. The zero-order valence-electron chi connectivity index (χ0n) is 33.4. The Morgan fingerprint density at radius 3 is 1.20 bits per heavy atom. The van der Waals surface area contributed by atoms with Gasteiger partial charge in [-0.2, -0.15) is 0 Å². The fourth-order valence-corrected chi connectivity index (χ4v) is 4.69. The van der Waals surface area contributed by atoms with Gasteiger partial charge in [0.15, 0.2) is 24.1 Å². The fourth-order valence-electron chi connectivity index (χ4n) is 4.69. The molecule has 21 nitrogen and oxygen atoms in total. The minimum absolute atomic E-state index is 0.0273. The van der Waals surface area contributed by atoms with Gasteiger partial charge in [0.2, 0.25) is 34.0 Å². The summed E-state index contributed by atoms with van der Waals surface area (Å²) in [6.07, 6.45) is 1.41. The number of aliphatic hydroxyl groups is 4. The Hall–Kier alpha value is -3.77. The summed E-state index contributed by atoms with van der Waals surface area (Å²) in [6, 6.07) is 0. The minimum atomic E-state index is -2.31. The lowest BCUT2D eigenvalue weighted by Crippen LogP contribution is -2.56. The van der Waals surface area contributed by atoms with Gasteiger partial charge < -0.3 is 72.6 Å². The molecule has 2 fully saturated rings. The largest absolute Gasteiger partial charge is 0.467 e. The number of carbonyl (C=O) groups is 7. The third-order valence-corrected chi connectivity index (χ3v) is 8.73. The number of hydrogen-bond donors (Lipinski definition) is 4. The van der Waals surface area contributed by atoms with Crippen LogP contribution in [0.15, 0.2) is 12.2 Å². The molecule has 0 saturated carbocycles. The van der Waals surface area contributed by atoms with E-state index < -0.39 is 88.4 Å². The molecule has 21 heteroatoms. The van der Waals surface area contributed by atoms with Gasteiger partial charge in [-0.15, -0.1) is 0 Å². The Morgan fingerprint density at radius 2 is 0.982 bits per heavy atom. The van der Waals surface area contributed by atoms with Gasteiger partial charge in [-0.3, -0.25) is 9.59 Å². The third kappa shape index (κ3) is 12.4. The van der Waals surface area contributed by atoms with E-state index >= 15 is 0 Å². The van der Waals surface area contributed by atoms with Crippen molar-refractivity contribution in [3.63, 3.8) is 0 Å². The molecular weight excluding hydrogens is 744 g/mol. The van der Waals surface area contributed by atoms with E-state index in [-0.39, 0.29) is 19.3 Å². The van der Waals surface area contributed by atoms with E-state index in [1.807, 2.05) is 0 Å². The maximum atomic E-state index is 11.5. The minimum Gasteiger partial charge on any atom is -0.467 e. The second-order valence-electron chi connectivity index (χ2n) is 11.9. The van der Waals surface area contributed by atoms with E-state index in [0.29, 0.717) is 6.29 Å². The van der Waals surface area contributed by atoms with Crippen LogP contribution < -0.4 is 0 Å². The summed E-state index contributed by atoms with van der Waals surface area (Å²) in [6.45, 7) is 6.82. The summed E-state index contributed by atoms with van der Waals surface area (Å²) in [5.41, 5.74) is -8.04. The van der Waals surface area contributed by atoms with Crippen molar-refractivity contribution >= 4 is 41.7 Å². The number of Topliss-reactive ketones (excluding diaryl/α,β-unsaturated/α-hetero) is 2. The zero-order chi connectivity index (χ0) is 43.6. The number of esters is 4. The van der Waals surface area contributed by atoms with Crippen LogP contribution in [-0.2, 0) is 80.9 Å². The lowest BCUT2D eigenvalue weighted by Gasteiger charge is -2.33. The molecule has 2 aliphatic heterocycles. The molecule has 0 aromatic heterocycles. The topological polar surface area (TPSA) is 293 Å². The molecule has 318 valence electrons. The van der Waals surface area contributed by atoms with Crippen LogP contribution in [0, 0.1) is 0 Å². The molecular formula is C34H56O21. The molecule has 2 aliphatic rings. The Balaban J connectivity index is 0. The molecule has 0 radical (unpaired) electrons. The molecule has 2 rings (SSSR count). The zero-order valence-corrected chi connectivity index (χ0v) is 33.4. The van der Waals surface area contributed by atoms with Crippen LogP contribution in [0.3, 0.4) is 0 Å². The molecule has 0 aromatic carbocycles. The maximum absolute atomic E-state index is 11.5. The van der Waals surface area contributed by atoms with E-state index in [4.69, 9.17) is 28.4 Å². The Kier molecular flexibility index (Phi) is 22.0. The molecule has 2 saturated heterocycles. The van der Waals surface area contributed by atoms with Gasteiger partial charge in [-0.25, -0.2) is 19.2 Å². The average molecular weight is 801 g/mol. The Bertz CT molecular complexity index is 1300. The van der Waals surface area contributed by atoms with Gasteiger partial charge in [0.05, 0.1) is 34.9 Å². The van der Waals surface area contributed by atoms with Crippen molar-refractivity contribution in [2.24, 2.45) is 0 Å². The highest BCUT2D eigenvalue weighted by Gasteiger charge is 2.64. The highest BCUT2D eigenvalue weighted by atomic mass is 16.8. The molecule has 55 heavy (non-hydrogen) atoms. The van der Waals surface area contributed by atoms with Gasteiger partial charge >= 0.3 is 23.9 Å². The molecule has 0 aliphatic carbocycles. The van der Waals surface area contributed by atoms with Gasteiger partial charge in [0.1, 0.15) is 6.29 Å². The average Bonchev–Trinajstić information content (AvgIpc) is 3.61. The fraction of sp³-hybridized carbons (Fsp3) is 0.735. The first kappa shape index (κ1) is 53.3. The van der Waals surface area contributed by atoms with Crippen molar-refractivity contribution in [2.75, 3.05) is 56.9 Å². The monoisotopic (exact) mass is 800 g/mol. The number of rotatable bonds is 14. The summed E-state index contributed by atoms with van der Waals surface area (Å²) >= 11 is 0. The summed E-state index contributed by atoms with van der Waals surface area (Å²) in [4.78, 5) is 76.6. The number of ether oxygens (including phenoxy) is 10. The number of aldehydes is 1. The highest BCUT2D eigenvalue weighted by molar-refractivity contribution is 6.07. The summed E-state index contributed by atoms with van der Waals surface area (Å²) in [5.74, 6) is -7.96. The first-order valence-corrected chi connectivity index (χ1v) is 16.2. The maximum Gasteiger partial charge on any atom is 0.346 e. The lowest BCUT2D eigenvalue weighted by molar-refractivity contribution is -0.287. The normalized spacial score (nSPS) is 28.9. The van der Waals surface area contributed by atoms with Crippen LogP contribution in [0.2, 0.25) is 0 Å². The van der Waals surface area contributed by atoms with Gasteiger partial charge in [0, 0.05) is 47.7 Å². The number of ketones is 2. The third-order valence-electron chi connectivity index (χ3n) is 8.73. The summed E-state index contributed by atoms with van der Waals surface area (Å²) in [7, 11) is 10.1. The van der Waals surface area contributed by atoms with Crippen molar-refractivity contribution in [2.45, 2.75) is 107 Å². The summed E-state index contributed by atoms with van der Waals surface area (Å²) in [5, 5.41) is 39.3. The number of carbonyl (C=O) groups excluding carboxylic acids is 7. The highest BCUT2D eigenvalue weighted by Crippen LogP contribution is 2.42. The van der Waals surface area contributed by atoms with Crippen molar-refractivity contribution in [1.29, 1.82) is 0 Å². The van der Waals surface area contributed by atoms with E-state index in [0.717, 1.165) is 28.1 Å². The van der Waals surface area contributed by atoms with E-state index in [1.165, 1.54) is 56.5 Å². The molecule has 0 unspecified atom stereocenters. The molecule has 8 atom stereocenters. The molecule has 4 N–H and O–H groups in total. The predicted octanol–water partition coefficient (Wildman–Crippen LogP) is -1.19. The molecule has 0 bridgehead atoms. The standard InChI is InChI=1S/2C9H16O6.C9H14O4.C7H10O5/c2*1-8(14-4)9(11,7(10)13-3)5-6(12-2)15-8;1-4-5-6-9(12,7(2)10)8(11)13-3;1-5(9)7(11,3-4-8)6(10)12-2/h2*6,11H,5H2,1-4H3;4-5,12H,6H2,1-3H3;4,11H,3H2,1-2H3/b;;5-4+;/t6-,8+,9+;6-,8-,9-;9-;7-/m1000/s1. The van der Waals surface area contributed by atoms with Crippen LogP contribution in [0.1, 0.15) is 60.3 Å². The number of hydrogen-bond acceptors (Lipinski definition) is 21. The first-order valence-electron chi connectivity index (χ1n) is 16.2. The smallest absolute Gasteiger partial charge is 0.346 e. The lowest BCUT2D eigenvalue weighted by atomic mass is 9.93. The second-order valence-corrected chi connectivity index (χ2v) is 11.9. The SMILES string of the molecule is C/C=C/C[C@](O)(C(C)=O)C(=O)OC.COC(=O)[C@@]1(O)C[C@@H](OC)O[C@]1(C)OC.COC(=O)[C@@]1(O)C[C@H](OC)O[C@]1(C)OC.COC(=O)[C@](O)(CC=O)C(C)=O. The first-order chi connectivity index (χ1) is 25.3. The van der Waals surface area contributed by atoms with Crippen molar-refractivity contribution in [1.82, 2.24) is 0 Å². The molecule has 0 amide bonds. The summed E-state index contributed by atoms with van der Waals surface area (Å²) < 4.78 is 48.0. The van der Waals surface area contributed by atoms with Gasteiger partial charge in [-0.05, 0) is 34.6 Å². The van der Waals surface area contributed by atoms with E-state index in [9.17, 15) is 54.0 Å². The van der Waals surface area contributed by atoms with Crippen LogP contribution in [0.5, 0.6) is 0 Å². The number of allylic oxidation sites excluding steroid dienone is 1. The van der Waals surface area contributed by atoms with Crippen LogP contribution in [0.4, 0.5) is 0 Å². The Morgan fingerprint density at radius 1 is 0.655 bits per heavy atom. The second kappa shape index (κ2) is 22.7. The van der Waals surface area contributed by atoms with Crippen molar-refractivity contribution in [3.8, 4) is 0 Å². The van der Waals surface area contributed by atoms with E-state index in [2.05, 4.69) is 18.9 Å². The van der Waals surface area contributed by atoms with Crippen molar-refractivity contribution < 1.29 is 101 Å². The van der Waals surface area contributed by atoms with Crippen LogP contribution in [0.25, 0.3) is 0 Å². The predicted molar refractivity (Wildman–Crippen MR) is 183 cm³/mol. The molecule has 0 aromatic rings. The van der Waals surface area contributed by atoms with E-state index in [1.54, 1.807) is 19.1 Å². The van der Waals surface area contributed by atoms with Gasteiger partial charge in [-0.1, -0.05) is 12.2 Å². The quantitative estimate of drug-likeness (QED) is 0.0528. The van der Waals surface area contributed by atoms with Crippen LogP contribution in [-0.4, -0.2) is 166 Å². The van der Waals surface area contributed by atoms with Gasteiger partial charge in [0.25, 0.3) is 0 Å².